The SMILES string of the molecule is N#Cc1ccc(OP2(Oc3ccc(C#N)c(C#N)c3)=NP(Oc3ccc(C#N)c(C#N)c3)(Oc3ccc(C#N)c(C#N)c3)=NP(Oc3ccc(C#N)c(C#N)c3)(Oc3ccc(C#N)c(C#N)c3)=N2)cc1C#N. The van der Waals surface area contributed by atoms with Crippen molar-refractivity contribution in [3.8, 4) is 107 Å². The summed E-state index contributed by atoms with van der Waals surface area (Å²) >= 11 is 0. The van der Waals surface area contributed by atoms with Crippen molar-refractivity contribution < 1.29 is 27.1 Å². The minimum Gasteiger partial charge on any atom is -0.413 e. The fraction of sp³-hybridized carbons (Fsp3) is 0. The predicted octanol–water partition coefficient (Wildman–Crippen LogP) is 10.8. The number of nitriles is 12. The Kier molecular flexibility index (Phi) is 14.0. The van der Waals surface area contributed by atoms with Gasteiger partial charge in [-0.05, 0) is 109 Å². The van der Waals surface area contributed by atoms with Crippen LogP contribution in [0.2, 0.25) is 0 Å². The van der Waals surface area contributed by atoms with Gasteiger partial charge in [-0.1, -0.05) is 13.5 Å². The molecule has 21 nitrogen and oxygen atoms in total. The van der Waals surface area contributed by atoms with Crippen LogP contribution in [-0.4, -0.2) is 0 Å². The number of rotatable bonds is 12. The molecule has 1 aliphatic rings. The van der Waals surface area contributed by atoms with Gasteiger partial charge in [-0.25, -0.2) is 0 Å². The van der Waals surface area contributed by atoms with E-state index in [1.54, 1.807) is 0 Å². The molecule has 0 unspecified atom stereocenters. The molecule has 0 spiro atoms. The largest absolute Gasteiger partial charge is 0.460 e. The lowest BCUT2D eigenvalue weighted by Gasteiger charge is -2.33. The standard InChI is InChI=1S/C48H18N15O6P3/c49-19-31-1-7-43(13-37(31)25-55)64-70(65-44-8-2-32(20-50)38(14-44)26-56)61-71(66-45-9-3-33(21-51)39(15-45)27-57,67-46-10-4-34(22-52)40(16-46)28-58)63-72(62-70,68-47-11-5-35(23-53)41(17-47)29-59)69-48-12-6-36(24-54)42(18-48)30-60/h1-18H. The Labute approximate surface area is 408 Å². The van der Waals surface area contributed by atoms with E-state index in [-0.39, 0.29) is 101 Å². The first-order valence-corrected chi connectivity index (χ1v) is 24.2. The van der Waals surface area contributed by atoms with Crippen molar-refractivity contribution in [2.45, 2.75) is 0 Å². The molecule has 7 rings (SSSR count). The Morgan fingerprint density at radius 3 is 0.486 bits per heavy atom. The van der Waals surface area contributed by atoms with Crippen LogP contribution in [0.25, 0.3) is 0 Å². The lowest BCUT2D eigenvalue weighted by molar-refractivity contribution is 0.443. The first kappa shape index (κ1) is 48.6. The highest BCUT2D eigenvalue weighted by molar-refractivity contribution is 7.79. The van der Waals surface area contributed by atoms with Gasteiger partial charge in [-0.3, -0.25) is 0 Å². The fourth-order valence-electron chi connectivity index (χ4n) is 6.20. The van der Waals surface area contributed by atoms with Crippen LogP contribution in [0.1, 0.15) is 66.8 Å². The molecule has 1 heterocycles. The van der Waals surface area contributed by atoms with Crippen molar-refractivity contribution >= 4 is 23.0 Å². The topological polar surface area (TPSA) is 378 Å². The number of hydrogen-bond donors (Lipinski definition) is 0. The van der Waals surface area contributed by atoms with Crippen LogP contribution < -0.4 is 27.1 Å². The fourth-order valence-corrected chi connectivity index (χ4v) is 15.2. The zero-order valence-corrected chi connectivity index (χ0v) is 38.6. The van der Waals surface area contributed by atoms with E-state index in [1.165, 1.54) is 72.8 Å². The Morgan fingerprint density at radius 1 is 0.222 bits per heavy atom. The first-order chi connectivity index (χ1) is 34.9. The average molecular weight is 994 g/mol. The first-order valence-electron chi connectivity index (χ1n) is 19.6. The molecule has 0 saturated carbocycles. The zero-order valence-electron chi connectivity index (χ0n) is 35.9. The van der Waals surface area contributed by atoms with Gasteiger partial charge in [0.1, 0.15) is 107 Å². The Hall–Kier alpha value is -11.3. The smallest absolute Gasteiger partial charge is 0.413 e. The minimum atomic E-state index is -4.97. The molecular formula is C48H18N15O6P3. The molecule has 0 atom stereocenters. The molecule has 1 aliphatic heterocycles. The molecule has 0 radical (unpaired) electrons. The highest BCUT2D eigenvalue weighted by Gasteiger charge is 2.49. The lowest BCUT2D eigenvalue weighted by Crippen LogP contribution is -2.12. The molecule has 72 heavy (non-hydrogen) atoms. The van der Waals surface area contributed by atoms with E-state index in [4.69, 9.17) is 40.7 Å². The van der Waals surface area contributed by atoms with Gasteiger partial charge in [0.2, 0.25) is 0 Å². The summed E-state index contributed by atoms with van der Waals surface area (Å²) in [4.78, 5) is 0. The van der Waals surface area contributed by atoms with Gasteiger partial charge in [-0.2, -0.15) is 63.1 Å². The third-order valence-electron chi connectivity index (χ3n) is 9.42. The molecule has 6 aromatic rings. The summed E-state index contributed by atoms with van der Waals surface area (Å²) in [6.07, 6.45) is 0. The highest BCUT2D eigenvalue weighted by Crippen LogP contribution is 2.78. The second kappa shape index (κ2) is 20.7. The van der Waals surface area contributed by atoms with Gasteiger partial charge >= 0.3 is 23.0 Å². The number of nitrogens with zero attached hydrogens (tertiary/aromatic N) is 15. The normalized spacial score (nSPS) is 12.7. The maximum Gasteiger partial charge on any atom is 0.460 e. The second-order valence-corrected chi connectivity index (χ2v) is 20.1. The second-order valence-electron chi connectivity index (χ2n) is 13.9. The molecule has 24 heteroatoms. The Morgan fingerprint density at radius 2 is 0.361 bits per heavy atom. The van der Waals surface area contributed by atoms with Crippen LogP contribution in [0.4, 0.5) is 0 Å². The summed E-state index contributed by atoms with van der Waals surface area (Å²) in [5, 5.41) is 119. The molecule has 6 aromatic carbocycles. The van der Waals surface area contributed by atoms with E-state index in [2.05, 4.69) is 0 Å². The molecule has 336 valence electrons. The molecular weight excluding hydrogens is 976 g/mol. The monoisotopic (exact) mass is 993 g/mol. The van der Waals surface area contributed by atoms with Gasteiger partial charge in [0.05, 0.1) is 66.8 Å². The predicted molar refractivity (Wildman–Crippen MR) is 247 cm³/mol. The summed E-state index contributed by atoms with van der Waals surface area (Å²) in [7, 11) is -14.9. The van der Waals surface area contributed by atoms with Gasteiger partial charge < -0.3 is 27.1 Å². The zero-order chi connectivity index (χ0) is 51.5. The third kappa shape index (κ3) is 10.2. The third-order valence-corrected chi connectivity index (χ3v) is 17.5. The Bertz CT molecular complexity index is 3390. The minimum absolute atomic E-state index is 0.0788. The van der Waals surface area contributed by atoms with Crippen LogP contribution in [0.5, 0.6) is 34.5 Å². The quantitative estimate of drug-likeness (QED) is 0.103. The van der Waals surface area contributed by atoms with Gasteiger partial charge in [0.15, 0.2) is 0 Å². The van der Waals surface area contributed by atoms with Gasteiger partial charge in [0, 0.05) is 0 Å². The summed E-state index contributed by atoms with van der Waals surface area (Å²) in [5.74, 6) is -1.56. The molecule has 0 saturated heterocycles. The van der Waals surface area contributed by atoms with E-state index < -0.39 is 23.0 Å². The maximum absolute atomic E-state index is 10.1. The van der Waals surface area contributed by atoms with Crippen molar-refractivity contribution in [2.75, 3.05) is 0 Å². The average Bonchev–Trinajstić information content (AvgIpc) is 3.40. The number of benzene rings is 6. The van der Waals surface area contributed by atoms with Crippen LogP contribution in [0, 0.1) is 136 Å². The maximum atomic E-state index is 10.1. The highest BCUT2D eigenvalue weighted by atomic mass is 31.3. The molecule has 0 amide bonds. The van der Waals surface area contributed by atoms with E-state index in [1.807, 2.05) is 72.8 Å². The van der Waals surface area contributed by atoms with Crippen LogP contribution in [0.3, 0.4) is 0 Å². The van der Waals surface area contributed by atoms with Gasteiger partial charge in [0.25, 0.3) is 0 Å². The van der Waals surface area contributed by atoms with Crippen molar-refractivity contribution in [3.05, 3.63) is 176 Å². The van der Waals surface area contributed by atoms with Crippen LogP contribution in [0.15, 0.2) is 123 Å². The molecule has 0 N–H and O–H groups in total. The van der Waals surface area contributed by atoms with Crippen LogP contribution in [-0.2, 0) is 0 Å². The summed E-state index contributed by atoms with van der Waals surface area (Å²) < 4.78 is 54.6. The van der Waals surface area contributed by atoms with Crippen molar-refractivity contribution in [1.82, 2.24) is 0 Å². The molecule has 0 bridgehead atoms. The van der Waals surface area contributed by atoms with E-state index in [0.717, 1.165) is 36.4 Å². The Balaban J connectivity index is 1.71. The van der Waals surface area contributed by atoms with Gasteiger partial charge in [-0.15, -0.1) is 0 Å². The summed E-state index contributed by atoms with van der Waals surface area (Å²) in [5.41, 5.74) is -1.68. The van der Waals surface area contributed by atoms with E-state index in [0.29, 0.717) is 0 Å². The molecule has 0 fully saturated rings. The van der Waals surface area contributed by atoms with Crippen molar-refractivity contribution in [3.63, 3.8) is 0 Å². The lowest BCUT2D eigenvalue weighted by atomic mass is 10.1. The van der Waals surface area contributed by atoms with Crippen LogP contribution >= 0.6 is 23.0 Å². The van der Waals surface area contributed by atoms with Crippen molar-refractivity contribution in [2.24, 2.45) is 13.5 Å². The number of hydrogen-bond acceptors (Lipinski definition) is 21. The van der Waals surface area contributed by atoms with E-state index in [9.17, 15) is 63.1 Å². The molecule has 0 aliphatic carbocycles. The molecule has 0 aromatic heterocycles. The van der Waals surface area contributed by atoms with Crippen molar-refractivity contribution in [1.29, 1.82) is 63.1 Å². The van der Waals surface area contributed by atoms with E-state index >= 15 is 0 Å². The summed E-state index contributed by atoms with van der Waals surface area (Å²) in [6, 6.07) is 44.5. The summed E-state index contributed by atoms with van der Waals surface area (Å²) in [6.45, 7) is 0.